The summed E-state index contributed by atoms with van der Waals surface area (Å²) in [5.74, 6) is 1.58. The molecule has 0 spiro atoms. The smallest absolute Gasteiger partial charge is 0.247 e. The molecule has 7 heteroatoms. The van der Waals surface area contributed by atoms with Crippen molar-refractivity contribution in [3.63, 3.8) is 0 Å². The van der Waals surface area contributed by atoms with Gasteiger partial charge in [0.05, 0.1) is 11.0 Å². The second kappa shape index (κ2) is 8.47. The highest BCUT2D eigenvalue weighted by molar-refractivity contribution is 5.91. The van der Waals surface area contributed by atoms with Gasteiger partial charge in [-0.1, -0.05) is 29.8 Å². The molecular weight excluding hydrogens is 402 g/mol. The van der Waals surface area contributed by atoms with Crippen LogP contribution < -0.4 is 5.32 Å². The molecule has 0 radical (unpaired) electrons. The fraction of sp³-hybridized carbons (Fsp3) is 0.120. The van der Waals surface area contributed by atoms with Gasteiger partial charge in [-0.3, -0.25) is 4.79 Å². The van der Waals surface area contributed by atoms with Gasteiger partial charge in [0.2, 0.25) is 17.7 Å². The van der Waals surface area contributed by atoms with Crippen LogP contribution in [0.2, 0.25) is 0 Å². The summed E-state index contributed by atoms with van der Waals surface area (Å²) in [4.78, 5) is 20.3. The Morgan fingerprint density at radius 3 is 2.47 bits per heavy atom. The molecule has 2 N–H and O–H groups in total. The molecule has 0 aliphatic heterocycles. The Bertz CT molecular complexity index is 1330. The summed E-state index contributed by atoms with van der Waals surface area (Å²) in [6.45, 7) is 2.02. The second-order valence-corrected chi connectivity index (χ2v) is 7.60. The maximum Gasteiger partial charge on any atom is 0.247 e. The van der Waals surface area contributed by atoms with E-state index in [0.29, 0.717) is 18.2 Å². The van der Waals surface area contributed by atoms with E-state index in [0.717, 1.165) is 39.2 Å². The van der Waals surface area contributed by atoms with Crippen molar-refractivity contribution >= 4 is 22.6 Å². The number of aromatic nitrogens is 4. The van der Waals surface area contributed by atoms with E-state index in [9.17, 15) is 4.79 Å². The molecule has 2 aromatic heterocycles. The van der Waals surface area contributed by atoms with Gasteiger partial charge in [-0.25, -0.2) is 4.98 Å². The van der Waals surface area contributed by atoms with Crippen LogP contribution in [0.4, 0.5) is 5.69 Å². The number of hydrogen-bond acceptors (Lipinski definition) is 5. The number of aromatic amines is 1. The summed E-state index contributed by atoms with van der Waals surface area (Å²) >= 11 is 0. The molecule has 158 valence electrons. The molecule has 2 heterocycles. The van der Waals surface area contributed by atoms with Crippen molar-refractivity contribution < 1.29 is 9.21 Å². The highest BCUT2D eigenvalue weighted by atomic mass is 16.4. The number of nitrogens with one attached hydrogen (secondary N) is 2. The number of amides is 1. The van der Waals surface area contributed by atoms with Crippen LogP contribution in [0.5, 0.6) is 0 Å². The van der Waals surface area contributed by atoms with Gasteiger partial charge in [0.1, 0.15) is 5.82 Å². The first-order valence-electron chi connectivity index (χ1n) is 10.4. The number of rotatable bonds is 6. The molecule has 0 aliphatic carbocycles. The highest BCUT2D eigenvalue weighted by Gasteiger charge is 2.11. The van der Waals surface area contributed by atoms with Gasteiger partial charge in [-0.05, 0) is 55.5 Å². The zero-order chi connectivity index (χ0) is 21.9. The Morgan fingerprint density at radius 2 is 1.69 bits per heavy atom. The zero-order valence-corrected chi connectivity index (χ0v) is 17.5. The average Bonchev–Trinajstić information content (AvgIpc) is 3.46. The first-order valence-corrected chi connectivity index (χ1v) is 10.4. The Hall–Kier alpha value is -4.26. The largest absolute Gasteiger partial charge is 0.421 e. The maximum atomic E-state index is 12.4. The number of hydrogen-bond donors (Lipinski definition) is 2. The van der Waals surface area contributed by atoms with E-state index in [1.54, 1.807) is 0 Å². The minimum Gasteiger partial charge on any atom is -0.421 e. The summed E-state index contributed by atoms with van der Waals surface area (Å²) < 4.78 is 5.69. The van der Waals surface area contributed by atoms with Gasteiger partial charge in [-0.15, -0.1) is 10.2 Å². The lowest BCUT2D eigenvalue weighted by molar-refractivity contribution is -0.116. The van der Waals surface area contributed by atoms with Crippen molar-refractivity contribution in [2.45, 2.75) is 19.8 Å². The normalized spacial score (nSPS) is 11.0. The monoisotopic (exact) mass is 423 g/mol. The molecule has 3 aromatic carbocycles. The lowest BCUT2D eigenvalue weighted by Gasteiger charge is -2.05. The molecule has 0 unspecified atom stereocenters. The van der Waals surface area contributed by atoms with Gasteiger partial charge in [-0.2, -0.15) is 0 Å². The molecule has 0 saturated carbocycles. The van der Waals surface area contributed by atoms with Gasteiger partial charge in [0.25, 0.3) is 0 Å². The van der Waals surface area contributed by atoms with Crippen LogP contribution in [0.25, 0.3) is 33.9 Å². The number of anilines is 1. The quantitative estimate of drug-likeness (QED) is 0.393. The van der Waals surface area contributed by atoms with Crippen LogP contribution in [-0.4, -0.2) is 26.1 Å². The number of carbonyl (C=O) groups is 1. The predicted octanol–water partition coefficient (Wildman–Crippen LogP) is 5.16. The van der Waals surface area contributed by atoms with Gasteiger partial charge >= 0.3 is 0 Å². The van der Waals surface area contributed by atoms with E-state index in [1.165, 1.54) is 0 Å². The molecule has 0 atom stereocenters. The molecule has 1 amide bonds. The van der Waals surface area contributed by atoms with Crippen LogP contribution in [0.3, 0.4) is 0 Å². The number of H-pyrrole nitrogens is 1. The molecule has 5 rings (SSSR count). The molecule has 32 heavy (non-hydrogen) atoms. The number of imidazole rings is 1. The van der Waals surface area contributed by atoms with E-state index in [-0.39, 0.29) is 12.3 Å². The number of nitrogens with zero attached hydrogens (tertiary/aromatic N) is 3. The van der Waals surface area contributed by atoms with Crippen LogP contribution in [0, 0.1) is 6.92 Å². The van der Waals surface area contributed by atoms with E-state index >= 15 is 0 Å². The molecule has 0 fully saturated rings. The maximum absolute atomic E-state index is 12.4. The lowest BCUT2D eigenvalue weighted by atomic mass is 10.1. The van der Waals surface area contributed by atoms with Crippen molar-refractivity contribution in [1.29, 1.82) is 0 Å². The summed E-state index contributed by atoms with van der Waals surface area (Å²) in [5, 5.41) is 11.0. The highest BCUT2D eigenvalue weighted by Crippen LogP contribution is 2.22. The van der Waals surface area contributed by atoms with Gasteiger partial charge < -0.3 is 14.7 Å². The molecule has 5 aromatic rings. The Kier molecular flexibility index (Phi) is 5.21. The topological polar surface area (TPSA) is 96.7 Å². The third-order valence-electron chi connectivity index (χ3n) is 5.16. The Balaban J connectivity index is 1.18. The van der Waals surface area contributed by atoms with Crippen molar-refractivity contribution in [2.75, 3.05) is 5.32 Å². The fourth-order valence-electron chi connectivity index (χ4n) is 3.41. The zero-order valence-electron chi connectivity index (χ0n) is 17.5. The summed E-state index contributed by atoms with van der Waals surface area (Å²) in [6, 6.07) is 23.3. The number of para-hydroxylation sites is 2. The van der Waals surface area contributed by atoms with Crippen molar-refractivity contribution in [2.24, 2.45) is 0 Å². The number of fused-ring (bicyclic) bond motifs is 1. The van der Waals surface area contributed by atoms with Crippen LogP contribution >= 0.6 is 0 Å². The Labute approximate surface area is 184 Å². The van der Waals surface area contributed by atoms with Crippen LogP contribution in [-0.2, 0) is 11.2 Å². The third-order valence-corrected chi connectivity index (χ3v) is 5.16. The van der Waals surface area contributed by atoms with Crippen LogP contribution in [0.1, 0.15) is 17.9 Å². The first kappa shape index (κ1) is 19.7. The minimum absolute atomic E-state index is 0.114. The molecule has 0 saturated heterocycles. The molecular formula is C25H21N5O2. The molecule has 0 aliphatic rings. The first-order chi connectivity index (χ1) is 15.6. The number of benzene rings is 3. The number of aryl methyl sites for hydroxylation is 2. The summed E-state index contributed by atoms with van der Waals surface area (Å²) in [7, 11) is 0. The minimum atomic E-state index is -0.114. The summed E-state index contributed by atoms with van der Waals surface area (Å²) in [6.07, 6.45) is 0.628. The van der Waals surface area contributed by atoms with Crippen molar-refractivity contribution in [3.05, 3.63) is 84.3 Å². The van der Waals surface area contributed by atoms with E-state index in [2.05, 4.69) is 25.5 Å². The SMILES string of the molecule is Cc1ccc(-c2nnc(CCC(=O)Nc3ccc(-c4nc5ccccc5[nH]4)cc3)o2)cc1. The predicted molar refractivity (Wildman–Crippen MR) is 123 cm³/mol. The summed E-state index contributed by atoms with van der Waals surface area (Å²) in [5.41, 5.74) is 5.62. The fourth-order valence-corrected chi connectivity index (χ4v) is 3.41. The van der Waals surface area contributed by atoms with Gasteiger partial charge in [0.15, 0.2) is 0 Å². The molecule has 0 bridgehead atoms. The van der Waals surface area contributed by atoms with E-state index in [1.807, 2.05) is 79.7 Å². The van der Waals surface area contributed by atoms with E-state index < -0.39 is 0 Å². The third kappa shape index (κ3) is 4.27. The van der Waals surface area contributed by atoms with Crippen LogP contribution in [0.15, 0.2) is 77.2 Å². The van der Waals surface area contributed by atoms with Crippen molar-refractivity contribution in [1.82, 2.24) is 20.2 Å². The lowest BCUT2D eigenvalue weighted by Crippen LogP contribution is -2.12. The second-order valence-electron chi connectivity index (χ2n) is 7.60. The number of carbonyl (C=O) groups excluding carboxylic acids is 1. The molecule has 7 nitrogen and oxygen atoms in total. The van der Waals surface area contributed by atoms with Crippen molar-refractivity contribution in [3.8, 4) is 22.8 Å². The average molecular weight is 423 g/mol. The Morgan fingerprint density at radius 1 is 0.938 bits per heavy atom. The van der Waals surface area contributed by atoms with Gasteiger partial charge in [0, 0.05) is 29.7 Å². The van der Waals surface area contributed by atoms with E-state index in [4.69, 9.17) is 4.42 Å². The standard InChI is InChI=1S/C25H21N5O2/c1-16-6-8-18(9-7-16)25-30-29-23(32-25)15-14-22(31)26-19-12-10-17(11-13-19)24-27-20-4-2-3-5-21(20)28-24/h2-13H,14-15H2,1H3,(H,26,31)(H,27,28).